The van der Waals surface area contributed by atoms with Crippen LogP contribution < -0.4 is 4.72 Å². The van der Waals surface area contributed by atoms with Crippen molar-refractivity contribution in [2.75, 3.05) is 12.8 Å². The van der Waals surface area contributed by atoms with Crippen LogP contribution in [0.4, 0.5) is 13.2 Å². The second-order valence-electron chi connectivity index (χ2n) is 9.77. The minimum absolute atomic E-state index is 0.266. The van der Waals surface area contributed by atoms with Crippen LogP contribution in [0.1, 0.15) is 32.3 Å². The molecular weight excluding hydrogens is 453 g/mol. The third-order valence-corrected chi connectivity index (χ3v) is 7.18. The van der Waals surface area contributed by atoms with Gasteiger partial charge in [-0.05, 0) is 61.9 Å². The van der Waals surface area contributed by atoms with Crippen molar-refractivity contribution in [3.05, 3.63) is 59.7 Å². The van der Waals surface area contributed by atoms with Gasteiger partial charge in [0.15, 0.2) is 5.67 Å². The summed E-state index contributed by atoms with van der Waals surface area (Å²) in [5.41, 5.74) is -0.813. The van der Waals surface area contributed by atoms with Crippen LogP contribution in [0.2, 0.25) is 0 Å². The first-order chi connectivity index (χ1) is 15.3. The van der Waals surface area contributed by atoms with E-state index in [0.717, 1.165) is 30.7 Å². The number of likely N-dealkylation sites (tertiary alicyclic amines) is 1. The molecule has 1 amide bonds. The standard InChI is InChI=1S/C24H27F3N2O3S/c1-23(2,27)22(30)29-14-24(7-8-24)21(28-33(3,31)32)20(29)10-15-5-4-6-16(9-15)17-11-18(25)13-19(26)12-17/h4-6,9,11-13,20-21,28H,7-8,10,14H2,1-3H3. The fraction of sp³-hybridized carbons (Fsp3) is 0.458. The van der Waals surface area contributed by atoms with Crippen LogP contribution in [0.3, 0.4) is 0 Å². The largest absolute Gasteiger partial charge is 0.334 e. The Hall–Kier alpha value is -2.39. The number of carbonyl (C=O) groups is 1. The summed E-state index contributed by atoms with van der Waals surface area (Å²) in [5, 5.41) is 0. The molecule has 2 atom stereocenters. The lowest BCUT2D eigenvalue weighted by Gasteiger charge is -2.31. The Balaban J connectivity index is 1.70. The zero-order chi connectivity index (χ0) is 24.2. The molecule has 178 valence electrons. The van der Waals surface area contributed by atoms with Gasteiger partial charge in [-0.15, -0.1) is 0 Å². The summed E-state index contributed by atoms with van der Waals surface area (Å²) in [6.07, 6.45) is 2.83. The minimum atomic E-state index is -3.57. The second kappa shape index (κ2) is 8.13. The molecule has 2 fully saturated rings. The van der Waals surface area contributed by atoms with Crippen LogP contribution in [0, 0.1) is 17.0 Å². The SMILES string of the molecule is CC(C)(F)C(=O)N1CC2(CC2)C(NS(C)(=O)=O)C1Cc1cccc(-c2cc(F)cc(F)c2)c1. The maximum absolute atomic E-state index is 14.6. The van der Waals surface area contributed by atoms with Gasteiger partial charge in [0.2, 0.25) is 10.0 Å². The summed E-state index contributed by atoms with van der Waals surface area (Å²) < 4.78 is 69.0. The number of alkyl halides is 1. The maximum Gasteiger partial charge on any atom is 0.259 e. The molecule has 2 aliphatic rings. The van der Waals surface area contributed by atoms with Crippen LogP contribution in [0.5, 0.6) is 0 Å². The van der Waals surface area contributed by atoms with E-state index < -0.39 is 50.7 Å². The van der Waals surface area contributed by atoms with E-state index >= 15 is 0 Å². The first-order valence-corrected chi connectivity index (χ1v) is 12.7. The van der Waals surface area contributed by atoms with Crippen molar-refractivity contribution in [1.29, 1.82) is 0 Å². The lowest BCUT2D eigenvalue weighted by molar-refractivity contribution is -0.143. The van der Waals surface area contributed by atoms with E-state index in [9.17, 15) is 26.4 Å². The average molecular weight is 481 g/mol. The fourth-order valence-electron chi connectivity index (χ4n) is 4.84. The Labute approximate surface area is 192 Å². The molecule has 2 aromatic rings. The molecule has 1 saturated heterocycles. The van der Waals surface area contributed by atoms with Crippen molar-refractivity contribution in [3.63, 3.8) is 0 Å². The molecule has 33 heavy (non-hydrogen) atoms. The van der Waals surface area contributed by atoms with Crippen molar-refractivity contribution in [2.45, 2.75) is 50.9 Å². The molecule has 0 aromatic heterocycles. The lowest BCUT2D eigenvalue weighted by atomic mass is 9.91. The predicted molar refractivity (Wildman–Crippen MR) is 120 cm³/mol. The van der Waals surface area contributed by atoms with Crippen LogP contribution >= 0.6 is 0 Å². The number of amides is 1. The monoisotopic (exact) mass is 480 g/mol. The van der Waals surface area contributed by atoms with Crippen molar-refractivity contribution in [1.82, 2.24) is 9.62 Å². The normalized spacial score (nSPS) is 22.1. The number of nitrogens with one attached hydrogen (secondary N) is 1. The number of rotatable bonds is 6. The van der Waals surface area contributed by atoms with Gasteiger partial charge in [-0.3, -0.25) is 4.79 Å². The smallest absolute Gasteiger partial charge is 0.259 e. The molecule has 1 spiro atoms. The number of benzene rings is 2. The van der Waals surface area contributed by atoms with Gasteiger partial charge in [0.1, 0.15) is 11.6 Å². The van der Waals surface area contributed by atoms with Gasteiger partial charge < -0.3 is 4.90 Å². The summed E-state index contributed by atoms with van der Waals surface area (Å²) in [6, 6.07) is 9.13. The Morgan fingerprint density at radius 1 is 1.12 bits per heavy atom. The summed E-state index contributed by atoms with van der Waals surface area (Å²) in [7, 11) is -3.57. The first-order valence-electron chi connectivity index (χ1n) is 10.8. The number of halogens is 3. The molecule has 2 aromatic carbocycles. The molecule has 1 N–H and O–H groups in total. The average Bonchev–Trinajstić information content (AvgIpc) is 3.41. The van der Waals surface area contributed by atoms with Gasteiger partial charge in [0.25, 0.3) is 5.91 Å². The van der Waals surface area contributed by atoms with E-state index in [0.29, 0.717) is 11.1 Å². The number of hydrogen-bond acceptors (Lipinski definition) is 3. The number of sulfonamides is 1. The van der Waals surface area contributed by atoms with E-state index in [1.807, 2.05) is 0 Å². The van der Waals surface area contributed by atoms with E-state index in [1.165, 1.54) is 30.9 Å². The molecule has 9 heteroatoms. The highest BCUT2D eigenvalue weighted by atomic mass is 32.2. The molecule has 0 radical (unpaired) electrons. The first kappa shape index (κ1) is 23.8. The molecular formula is C24H27F3N2O3S. The van der Waals surface area contributed by atoms with Crippen molar-refractivity contribution >= 4 is 15.9 Å². The van der Waals surface area contributed by atoms with Crippen molar-refractivity contribution in [3.8, 4) is 11.1 Å². The molecule has 1 heterocycles. The molecule has 0 bridgehead atoms. The highest BCUT2D eigenvalue weighted by molar-refractivity contribution is 7.88. The van der Waals surface area contributed by atoms with Crippen LogP contribution in [0.15, 0.2) is 42.5 Å². The predicted octanol–water partition coefficient (Wildman–Crippen LogP) is 3.83. The van der Waals surface area contributed by atoms with E-state index in [-0.39, 0.29) is 13.0 Å². The third-order valence-electron chi connectivity index (χ3n) is 6.50. The van der Waals surface area contributed by atoms with E-state index in [4.69, 9.17) is 0 Å². The topological polar surface area (TPSA) is 66.5 Å². The molecule has 1 aliphatic carbocycles. The zero-order valence-electron chi connectivity index (χ0n) is 18.7. The minimum Gasteiger partial charge on any atom is -0.334 e. The molecule has 1 saturated carbocycles. The number of hydrogen-bond donors (Lipinski definition) is 1. The van der Waals surface area contributed by atoms with Gasteiger partial charge in [-0.1, -0.05) is 24.3 Å². The van der Waals surface area contributed by atoms with Crippen LogP contribution in [-0.2, 0) is 21.2 Å². The molecule has 5 nitrogen and oxygen atoms in total. The third kappa shape index (κ3) is 5.09. The van der Waals surface area contributed by atoms with Crippen LogP contribution in [-0.4, -0.2) is 49.8 Å². The Kier molecular flexibility index (Phi) is 5.85. The molecule has 2 unspecified atom stereocenters. The van der Waals surface area contributed by atoms with Gasteiger partial charge in [0.05, 0.1) is 12.3 Å². The summed E-state index contributed by atoms with van der Waals surface area (Å²) in [5.74, 6) is -2.07. The summed E-state index contributed by atoms with van der Waals surface area (Å²) in [4.78, 5) is 14.4. The quantitative estimate of drug-likeness (QED) is 0.684. The maximum atomic E-state index is 14.6. The second-order valence-corrected chi connectivity index (χ2v) is 11.5. The van der Waals surface area contributed by atoms with Gasteiger partial charge in [-0.25, -0.2) is 26.3 Å². The van der Waals surface area contributed by atoms with Gasteiger partial charge in [0, 0.05) is 24.1 Å². The Morgan fingerprint density at radius 2 is 1.76 bits per heavy atom. The Morgan fingerprint density at radius 3 is 2.30 bits per heavy atom. The highest BCUT2D eigenvalue weighted by Gasteiger charge is 2.62. The van der Waals surface area contributed by atoms with Crippen molar-refractivity contribution < 1.29 is 26.4 Å². The summed E-state index contributed by atoms with van der Waals surface area (Å²) >= 11 is 0. The van der Waals surface area contributed by atoms with E-state index in [1.54, 1.807) is 24.3 Å². The lowest BCUT2D eigenvalue weighted by Crippen LogP contribution is -2.52. The zero-order valence-corrected chi connectivity index (χ0v) is 19.6. The molecule has 4 rings (SSSR count). The summed E-state index contributed by atoms with van der Waals surface area (Å²) in [6.45, 7) is 2.68. The van der Waals surface area contributed by atoms with Gasteiger partial charge in [-0.2, -0.15) is 0 Å². The number of carbonyl (C=O) groups excluding carboxylic acids is 1. The van der Waals surface area contributed by atoms with Crippen molar-refractivity contribution in [2.24, 2.45) is 5.41 Å². The Bertz CT molecular complexity index is 1170. The van der Waals surface area contributed by atoms with E-state index in [2.05, 4.69) is 4.72 Å². The number of nitrogens with zero attached hydrogens (tertiary/aromatic N) is 1. The van der Waals surface area contributed by atoms with Gasteiger partial charge >= 0.3 is 0 Å². The fourth-order valence-corrected chi connectivity index (χ4v) is 5.71. The van der Waals surface area contributed by atoms with Crippen LogP contribution in [0.25, 0.3) is 11.1 Å². The molecule has 1 aliphatic heterocycles. The highest BCUT2D eigenvalue weighted by Crippen LogP contribution is 2.56.